The Labute approximate surface area is 199 Å². The van der Waals surface area contributed by atoms with Crippen molar-refractivity contribution in [2.75, 3.05) is 3.97 Å². The van der Waals surface area contributed by atoms with Crippen molar-refractivity contribution in [3.63, 3.8) is 0 Å². The van der Waals surface area contributed by atoms with Crippen molar-refractivity contribution < 1.29 is 16.8 Å². The summed E-state index contributed by atoms with van der Waals surface area (Å²) in [6.07, 6.45) is 0. The number of nitrogens with two attached hydrogens (primary N) is 1. The smallest absolute Gasteiger partial charge is 0.266 e. The first-order valence-electron chi connectivity index (χ1n) is 7.84. The molecule has 0 fully saturated rings. The number of halogens is 4. The summed E-state index contributed by atoms with van der Waals surface area (Å²) >= 11 is 25.8. The number of hydrogen-bond acceptors (Lipinski definition) is 6. The fourth-order valence-electron chi connectivity index (χ4n) is 2.27. The molecular formula is C14H18Cl4N2O4S4Si. The van der Waals surface area contributed by atoms with Gasteiger partial charge in [0.2, 0.25) is 10.0 Å². The number of nitrogens with zero attached hydrogens (tertiary/aromatic N) is 1. The van der Waals surface area contributed by atoms with Gasteiger partial charge >= 0.3 is 0 Å². The summed E-state index contributed by atoms with van der Waals surface area (Å²) in [7, 11) is -11.6. The number of hydrogen-bond donors (Lipinski definition) is 1. The fourth-order valence-corrected chi connectivity index (χ4v) is 13.5. The SMILES string of the molecule is CC(C)(C)[Si](C)(C)N(c1c(S(N)(=O)=O)sc(Cl)c1Cl)S(=O)(=O)c1cc(Cl)c(Cl)s1. The van der Waals surface area contributed by atoms with Crippen LogP contribution in [0.2, 0.25) is 36.9 Å². The second-order valence-electron chi connectivity index (χ2n) is 7.64. The van der Waals surface area contributed by atoms with Crippen molar-refractivity contribution in [3.05, 3.63) is 24.8 Å². The van der Waals surface area contributed by atoms with Gasteiger partial charge in [-0.25, -0.2) is 22.0 Å². The van der Waals surface area contributed by atoms with E-state index in [1.165, 1.54) is 6.07 Å². The zero-order valence-corrected chi connectivity index (χ0v) is 23.2. The van der Waals surface area contributed by atoms with Crippen LogP contribution >= 0.6 is 69.1 Å². The Kier molecular flexibility index (Phi) is 7.17. The predicted molar refractivity (Wildman–Crippen MR) is 127 cm³/mol. The Morgan fingerprint density at radius 1 is 1.00 bits per heavy atom. The first-order valence-corrected chi connectivity index (χ1v) is 16.9. The maximum Gasteiger partial charge on any atom is 0.266 e. The van der Waals surface area contributed by atoms with Crippen LogP contribution < -0.4 is 9.11 Å². The summed E-state index contributed by atoms with van der Waals surface area (Å²) in [6, 6.07) is 1.22. The van der Waals surface area contributed by atoms with E-state index in [0.29, 0.717) is 11.3 Å². The first-order chi connectivity index (χ1) is 12.8. The molecule has 6 nitrogen and oxygen atoms in total. The monoisotopic (exact) mass is 574 g/mol. The number of thiophene rings is 2. The second kappa shape index (κ2) is 8.09. The van der Waals surface area contributed by atoms with E-state index in [4.69, 9.17) is 51.5 Å². The van der Waals surface area contributed by atoms with Crippen molar-refractivity contribution in [2.24, 2.45) is 5.14 Å². The molecule has 0 saturated heterocycles. The number of anilines is 1. The molecule has 164 valence electrons. The van der Waals surface area contributed by atoms with Crippen LogP contribution in [0.4, 0.5) is 5.69 Å². The van der Waals surface area contributed by atoms with Gasteiger partial charge in [0.25, 0.3) is 10.0 Å². The van der Waals surface area contributed by atoms with Crippen LogP contribution in [0.1, 0.15) is 20.8 Å². The first kappa shape index (κ1) is 25.7. The third-order valence-electron chi connectivity index (χ3n) is 4.68. The van der Waals surface area contributed by atoms with E-state index in [1.807, 2.05) is 20.8 Å². The summed E-state index contributed by atoms with van der Waals surface area (Å²) in [5.74, 6) is 0. The molecule has 15 heteroatoms. The molecule has 2 aromatic heterocycles. The zero-order valence-electron chi connectivity index (χ0n) is 15.9. The fraction of sp³-hybridized carbons (Fsp3) is 0.429. The van der Waals surface area contributed by atoms with Crippen LogP contribution in [0.5, 0.6) is 0 Å². The predicted octanol–water partition coefficient (Wildman–Crippen LogP) is 6.27. The molecule has 0 bridgehead atoms. The zero-order chi connectivity index (χ0) is 22.7. The van der Waals surface area contributed by atoms with E-state index in [-0.39, 0.29) is 28.6 Å². The molecule has 0 aliphatic carbocycles. The minimum atomic E-state index is -4.31. The van der Waals surface area contributed by atoms with E-state index in [1.54, 1.807) is 13.1 Å². The molecule has 0 aromatic carbocycles. The highest BCUT2D eigenvalue weighted by Crippen LogP contribution is 2.52. The summed E-state index contributed by atoms with van der Waals surface area (Å²) in [5, 5.41) is 4.71. The molecule has 2 heterocycles. The van der Waals surface area contributed by atoms with Gasteiger partial charge in [-0.05, 0) is 11.1 Å². The average molecular weight is 576 g/mol. The van der Waals surface area contributed by atoms with Crippen LogP contribution in [-0.2, 0) is 20.0 Å². The minimum Gasteiger partial charge on any atom is -0.290 e. The number of primary sulfonamides is 1. The molecular weight excluding hydrogens is 558 g/mol. The number of rotatable bonds is 5. The van der Waals surface area contributed by atoms with Gasteiger partial charge in [0, 0.05) is 0 Å². The van der Waals surface area contributed by atoms with Crippen molar-refractivity contribution >= 4 is 103 Å². The molecule has 2 rings (SSSR count). The lowest BCUT2D eigenvalue weighted by molar-refractivity contribution is 0.596. The average Bonchev–Trinajstić information content (AvgIpc) is 3.00. The Morgan fingerprint density at radius 3 is 1.90 bits per heavy atom. The van der Waals surface area contributed by atoms with E-state index in [9.17, 15) is 16.8 Å². The Hall–Kier alpha value is 0.437. The van der Waals surface area contributed by atoms with Crippen LogP contribution in [0.15, 0.2) is 14.5 Å². The normalized spacial score (nSPS) is 13.7. The van der Waals surface area contributed by atoms with Gasteiger partial charge in [-0.15, -0.1) is 22.7 Å². The van der Waals surface area contributed by atoms with Crippen molar-refractivity contribution in [3.8, 4) is 0 Å². The molecule has 0 amide bonds. The third kappa shape index (κ3) is 4.64. The summed E-state index contributed by atoms with van der Waals surface area (Å²) in [5.41, 5.74) is -0.239. The van der Waals surface area contributed by atoms with Crippen LogP contribution in [-0.4, -0.2) is 25.1 Å². The van der Waals surface area contributed by atoms with E-state index >= 15 is 0 Å². The quantitative estimate of drug-likeness (QED) is 0.425. The summed E-state index contributed by atoms with van der Waals surface area (Å²) in [4.78, 5) is 0. The topological polar surface area (TPSA) is 97.5 Å². The maximum atomic E-state index is 13.8. The highest BCUT2D eigenvalue weighted by Gasteiger charge is 2.50. The molecule has 0 aliphatic heterocycles. The molecule has 2 aromatic rings. The van der Waals surface area contributed by atoms with Gasteiger partial charge < -0.3 is 0 Å². The molecule has 0 radical (unpaired) electrons. The van der Waals surface area contributed by atoms with Crippen molar-refractivity contribution in [1.29, 1.82) is 0 Å². The van der Waals surface area contributed by atoms with Gasteiger partial charge in [0.1, 0.15) is 12.9 Å². The van der Waals surface area contributed by atoms with Gasteiger partial charge in [-0.3, -0.25) is 3.97 Å². The molecule has 0 unspecified atom stereocenters. The molecule has 29 heavy (non-hydrogen) atoms. The Bertz CT molecular complexity index is 1150. The molecule has 0 saturated carbocycles. The Morgan fingerprint density at radius 2 is 1.52 bits per heavy atom. The molecule has 0 aliphatic rings. The van der Waals surface area contributed by atoms with Gasteiger partial charge in [0.15, 0.2) is 12.4 Å². The minimum absolute atomic E-state index is 0.0755. The van der Waals surface area contributed by atoms with E-state index in [2.05, 4.69) is 0 Å². The third-order valence-corrected chi connectivity index (χ3v) is 18.9. The lowest BCUT2D eigenvalue weighted by Gasteiger charge is -2.45. The van der Waals surface area contributed by atoms with Gasteiger partial charge in [0.05, 0.1) is 15.7 Å². The van der Waals surface area contributed by atoms with Gasteiger partial charge in [-0.1, -0.05) is 80.3 Å². The lowest BCUT2D eigenvalue weighted by Crippen LogP contribution is -2.58. The van der Waals surface area contributed by atoms with Crippen LogP contribution in [0, 0.1) is 0 Å². The highest BCUT2D eigenvalue weighted by atomic mass is 35.5. The van der Waals surface area contributed by atoms with Crippen LogP contribution in [0.25, 0.3) is 0 Å². The summed E-state index contributed by atoms with van der Waals surface area (Å²) in [6.45, 7) is 9.18. The molecule has 0 atom stereocenters. The maximum absolute atomic E-state index is 13.8. The van der Waals surface area contributed by atoms with Crippen LogP contribution in [0.3, 0.4) is 0 Å². The molecule has 2 N–H and O–H groups in total. The van der Waals surface area contributed by atoms with Crippen molar-refractivity contribution in [1.82, 2.24) is 0 Å². The van der Waals surface area contributed by atoms with Gasteiger partial charge in [-0.2, -0.15) is 0 Å². The highest BCUT2D eigenvalue weighted by molar-refractivity contribution is 7.97. The second-order valence-corrected chi connectivity index (χ2v) is 20.9. The lowest BCUT2D eigenvalue weighted by atomic mass is 10.2. The van der Waals surface area contributed by atoms with Crippen molar-refractivity contribution in [2.45, 2.75) is 47.3 Å². The van der Waals surface area contributed by atoms with E-state index in [0.717, 1.165) is 15.3 Å². The molecule has 0 spiro atoms. The Balaban J connectivity index is 3.00. The standard InChI is InChI=1S/C14H18Cl4N2O4S4Si/c1-14(2,3)29(4,5)20(28(23,24)8-6-7(15)11(17)25-8)10-9(16)12(18)26-13(10)27(19,21)22/h6H,1-5H3,(H2,19,21,22). The van der Waals surface area contributed by atoms with E-state index < -0.39 is 37.5 Å². The largest absolute Gasteiger partial charge is 0.290 e. The summed E-state index contributed by atoms with van der Waals surface area (Å²) < 4.78 is 52.5. The number of sulfonamides is 2.